The normalized spacial score (nSPS) is 10.5. The Balaban J connectivity index is 2.99. The van der Waals surface area contributed by atoms with Gasteiger partial charge in [0.1, 0.15) is 5.75 Å². The van der Waals surface area contributed by atoms with Crippen molar-refractivity contribution in [1.29, 1.82) is 0 Å². The van der Waals surface area contributed by atoms with Gasteiger partial charge in [-0.2, -0.15) is 13.2 Å². The van der Waals surface area contributed by atoms with E-state index in [0.717, 1.165) is 0 Å². The Labute approximate surface area is 132 Å². The third-order valence-corrected chi connectivity index (χ3v) is 3.26. The maximum atomic E-state index is 14.4. The maximum absolute atomic E-state index is 14.4. The van der Waals surface area contributed by atoms with Crippen LogP contribution < -0.4 is 4.74 Å². The number of aryl methyl sites for hydroxylation is 1. The van der Waals surface area contributed by atoms with E-state index in [1.165, 1.54) is 25.3 Å². The van der Waals surface area contributed by atoms with Gasteiger partial charge in [-0.15, -0.1) is 0 Å². The van der Waals surface area contributed by atoms with Gasteiger partial charge in [-0.1, -0.05) is 12.1 Å². The molecule has 0 bridgehead atoms. The molecule has 2 aromatic rings. The van der Waals surface area contributed by atoms with Gasteiger partial charge in [0.2, 0.25) is 11.6 Å². The molecule has 0 heterocycles. The Morgan fingerprint density at radius 2 is 1.46 bits per heavy atom. The molecule has 126 valence electrons. The van der Waals surface area contributed by atoms with Crippen molar-refractivity contribution in [2.24, 2.45) is 0 Å². The molecular formula is C14H9F3N2O5. The third-order valence-electron chi connectivity index (χ3n) is 3.26. The third kappa shape index (κ3) is 2.62. The van der Waals surface area contributed by atoms with E-state index >= 15 is 0 Å². The van der Waals surface area contributed by atoms with Crippen LogP contribution in [0.2, 0.25) is 0 Å². The smallest absolute Gasteiger partial charge is 0.348 e. The van der Waals surface area contributed by atoms with Crippen LogP contribution >= 0.6 is 0 Å². The largest absolute Gasteiger partial charge is 0.496 e. The Hall–Kier alpha value is -3.17. The Morgan fingerprint density at radius 1 is 0.958 bits per heavy atom. The van der Waals surface area contributed by atoms with E-state index in [9.17, 15) is 33.4 Å². The van der Waals surface area contributed by atoms with E-state index < -0.39 is 44.2 Å². The summed E-state index contributed by atoms with van der Waals surface area (Å²) in [6, 6.07) is 3.95. The lowest BCUT2D eigenvalue weighted by atomic mass is 9.99. The second kappa shape index (κ2) is 6.14. The Morgan fingerprint density at radius 3 is 1.88 bits per heavy atom. The fraction of sp³-hybridized carbons (Fsp3) is 0.143. The molecule has 0 saturated carbocycles. The zero-order chi connectivity index (χ0) is 18.2. The van der Waals surface area contributed by atoms with E-state index in [2.05, 4.69) is 0 Å². The van der Waals surface area contributed by atoms with E-state index in [-0.39, 0.29) is 11.3 Å². The molecule has 0 fully saturated rings. The molecule has 0 aliphatic carbocycles. The van der Waals surface area contributed by atoms with Gasteiger partial charge in [-0.25, -0.2) is 0 Å². The molecule has 2 aromatic carbocycles. The van der Waals surface area contributed by atoms with Crippen LogP contribution in [0.4, 0.5) is 24.5 Å². The van der Waals surface area contributed by atoms with E-state index in [1.807, 2.05) is 0 Å². The zero-order valence-electron chi connectivity index (χ0n) is 12.3. The molecule has 10 heteroatoms. The highest BCUT2D eigenvalue weighted by Crippen LogP contribution is 2.43. The number of nitrogens with zero attached hydrogens (tertiary/aromatic N) is 2. The van der Waals surface area contributed by atoms with Crippen LogP contribution in [0, 0.1) is 44.6 Å². The average molecular weight is 342 g/mol. The SMILES string of the molecule is COc1cc(C)ccc1-c1c(F)c([N+](=O)[O-])c(F)c([N+](=O)[O-])c1F. The molecule has 0 aliphatic rings. The molecule has 0 saturated heterocycles. The highest BCUT2D eigenvalue weighted by molar-refractivity contribution is 5.77. The van der Waals surface area contributed by atoms with Gasteiger partial charge in [0, 0.05) is 5.56 Å². The van der Waals surface area contributed by atoms with E-state index in [4.69, 9.17) is 4.74 Å². The predicted molar refractivity (Wildman–Crippen MR) is 76.3 cm³/mol. The van der Waals surface area contributed by atoms with Crippen molar-refractivity contribution in [1.82, 2.24) is 0 Å². The summed E-state index contributed by atoms with van der Waals surface area (Å²) in [5, 5.41) is 21.7. The van der Waals surface area contributed by atoms with Crippen LogP contribution in [0.5, 0.6) is 5.75 Å². The standard InChI is InChI=1S/C14H9F3N2O5/c1-6-3-4-7(8(5-6)24-2)9-10(15)13(18(20)21)12(17)14(11(9)16)19(22)23/h3-5H,1-2H3. The lowest BCUT2D eigenvalue weighted by Gasteiger charge is -2.12. The molecule has 0 atom stereocenters. The lowest BCUT2D eigenvalue weighted by molar-refractivity contribution is -0.402. The first-order chi connectivity index (χ1) is 11.2. The molecular weight excluding hydrogens is 333 g/mol. The number of ether oxygens (including phenoxy) is 1. The topological polar surface area (TPSA) is 95.5 Å². The van der Waals surface area contributed by atoms with Crippen LogP contribution in [0.3, 0.4) is 0 Å². The number of methoxy groups -OCH3 is 1. The minimum atomic E-state index is -2.19. The summed E-state index contributed by atoms with van der Waals surface area (Å²) >= 11 is 0. The minimum Gasteiger partial charge on any atom is -0.496 e. The maximum Gasteiger partial charge on any atom is 0.348 e. The summed E-state index contributed by atoms with van der Waals surface area (Å²) < 4.78 is 47.6. The second-order valence-corrected chi connectivity index (χ2v) is 4.73. The Bertz CT molecular complexity index is 829. The molecule has 7 nitrogen and oxygen atoms in total. The summed E-state index contributed by atoms with van der Waals surface area (Å²) in [6.45, 7) is 1.65. The number of benzene rings is 2. The second-order valence-electron chi connectivity index (χ2n) is 4.73. The Kier molecular flexibility index (Phi) is 4.40. The van der Waals surface area contributed by atoms with Gasteiger partial charge >= 0.3 is 11.4 Å². The molecule has 0 amide bonds. The van der Waals surface area contributed by atoms with Crippen molar-refractivity contribution in [3.63, 3.8) is 0 Å². The molecule has 0 radical (unpaired) electrons. The van der Waals surface area contributed by atoms with Crippen LogP contribution in [0.25, 0.3) is 11.1 Å². The summed E-state index contributed by atoms with van der Waals surface area (Å²) in [4.78, 5) is 18.8. The number of nitro benzene ring substituents is 2. The first-order valence-electron chi connectivity index (χ1n) is 6.34. The van der Waals surface area contributed by atoms with Crippen molar-refractivity contribution in [3.8, 4) is 16.9 Å². The molecule has 24 heavy (non-hydrogen) atoms. The lowest BCUT2D eigenvalue weighted by Crippen LogP contribution is -2.07. The first kappa shape index (κ1) is 17.2. The minimum absolute atomic E-state index is 0.0806. The monoisotopic (exact) mass is 342 g/mol. The average Bonchev–Trinajstić information content (AvgIpc) is 2.47. The van der Waals surface area contributed by atoms with E-state index in [1.54, 1.807) is 6.92 Å². The van der Waals surface area contributed by atoms with Gasteiger partial charge in [-0.05, 0) is 18.6 Å². The highest BCUT2D eigenvalue weighted by atomic mass is 19.1. The molecule has 0 aliphatic heterocycles. The van der Waals surface area contributed by atoms with Crippen LogP contribution in [0.1, 0.15) is 5.56 Å². The summed E-state index contributed by atoms with van der Waals surface area (Å²) in [6.07, 6.45) is 0. The predicted octanol–water partition coefficient (Wildman–Crippen LogP) is 3.90. The first-order valence-corrected chi connectivity index (χ1v) is 6.34. The molecule has 2 rings (SSSR count). The fourth-order valence-corrected chi connectivity index (χ4v) is 2.20. The number of nitro groups is 2. The van der Waals surface area contributed by atoms with Crippen molar-refractivity contribution in [3.05, 3.63) is 61.4 Å². The molecule has 0 unspecified atom stereocenters. The van der Waals surface area contributed by atoms with Gasteiger partial charge in [0.25, 0.3) is 5.82 Å². The van der Waals surface area contributed by atoms with Crippen molar-refractivity contribution in [2.75, 3.05) is 7.11 Å². The van der Waals surface area contributed by atoms with Crippen LogP contribution in [-0.2, 0) is 0 Å². The number of hydrogen-bond acceptors (Lipinski definition) is 5. The summed E-state index contributed by atoms with van der Waals surface area (Å²) in [5.41, 5.74) is -4.39. The van der Waals surface area contributed by atoms with Crippen LogP contribution in [-0.4, -0.2) is 17.0 Å². The molecule has 0 aromatic heterocycles. The number of hydrogen-bond donors (Lipinski definition) is 0. The van der Waals surface area contributed by atoms with Gasteiger partial charge in [0.15, 0.2) is 0 Å². The van der Waals surface area contributed by atoms with Gasteiger partial charge < -0.3 is 4.74 Å². The van der Waals surface area contributed by atoms with Crippen molar-refractivity contribution in [2.45, 2.75) is 6.92 Å². The molecule has 0 N–H and O–H groups in total. The van der Waals surface area contributed by atoms with Crippen molar-refractivity contribution >= 4 is 11.4 Å². The fourth-order valence-electron chi connectivity index (χ4n) is 2.20. The summed E-state index contributed by atoms with van der Waals surface area (Å²) in [7, 11) is 1.18. The van der Waals surface area contributed by atoms with Crippen molar-refractivity contribution < 1.29 is 27.8 Å². The zero-order valence-corrected chi connectivity index (χ0v) is 12.3. The number of rotatable bonds is 4. The van der Waals surface area contributed by atoms with Gasteiger partial charge in [-0.3, -0.25) is 20.2 Å². The summed E-state index contributed by atoms with van der Waals surface area (Å²) in [5.74, 6) is -5.98. The van der Waals surface area contributed by atoms with Gasteiger partial charge in [0.05, 0.1) is 22.5 Å². The number of halogens is 3. The highest BCUT2D eigenvalue weighted by Gasteiger charge is 2.39. The van der Waals surface area contributed by atoms with Crippen LogP contribution in [0.15, 0.2) is 18.2 Å². The van der Waals surface area contributed by atoms with E-state index in [0.29, 0.717) is 5.56 Å². The quantitative estimate of drug-likeness (QED) is 0.620. The molecule has 0 spiro atoms.